The Kier molecular flexibility index (Phi) is 5.01. The summed E-state index contributed by atoms with van der Waals surface area (Å²) >= 11 is 0. The highest BCUT2D eigenvalue weighted by Crippen LogP contribution is 2.39. The third-order valence-electron chi connectivity index (χ3n) is 4.32. The summed E-state index contributed by atoms with van der Waals surface area (Å²) in [5.74, 6) is -1.38. The molecule has 2 aliphatic carbocycles. The molecule has 0 unspecified atom stereocenters. The maximum absolute atomic E-state index is 14.5. The van der Waals surface area contributed by atoms with E-state index in [9.17, 15) is 17.6 Å². The number of allylic oxidation sites excluding steroid dienone is 2. The molecule has 0 N–H and O–H groups in total. The van der Waals surface area contributed by atoms with Gasteiger partial charge in [0.1, 0.15) is 0 Å². The third-order valence-corrected chi connectivity index (χ3v) is 4.32. The van der Waals surface area contributed by atoms with Crippen molar-refractivity contribution < 1.29 is 27.0 Å². The van der Waals surface area contributed by atoms with E-state index in [0.29, 0.717) is 18.8 Å². The van der Waals surface area contributed by atoms with Gasteiger partial charge in [-0.2, -0.15) is 0 Å². The van der Waals surface area contributed by atoms with Crippen LogP contribution in [0.25, 0.3) is 0 Å². The zero-order valence-corrected chi connectivity index (χ0v) is 13.2. The van der Waals surface area contributed by atoms with Crippen molar-refractivity contribution in [1.82, 2.24) is 0 Å². The molecule has 0 aromatic heterocycles. The van der Waals surface area contributed by atoms with Gasteiger partial charge in [0.15, 0.2) is 11.6 Å². The molecule has 0 atom stereocenters. The Balaban J connectivity index is 1.74. The molecule has 24 heavy (non-hydrogen) atoms. The van der Waals surface area contributed by atoms with Gasteiger partial charge < -0.3 is 9.47 Å². The van der Waals surface area contributed by atoms with Crippen LogP contribution in [0.5, 0.6) is 11.5 Å². The average Bonchev–Trinajstić information content (AvgIpc) is 3.27. The first-order chi connectivity index (χ1) is 11.4. The van der Waals surface area contributed by atoms with Gasteiger partial charge in [0.05, 0.1) is 6.10 Å². The summed E-state index contributed by atoms with van der Waals surface area (Å²) in [6.45, 7) is 0. The molecular formula is C18H20F4O2. The van der Waals surface area contributed by atoms with Crippen LogP contribution in [-0.4, -0.2) is 12.5 Å². The highest BCUT2D eigenvalue weighted by Gasteiger charge is 2.35. The molecule has 132 valence electrons. The lowest BCUT2D eigenvalue weighted by Crippen LogP contribution is -2.26. The Labute approximate surface area is 138 Å². The van der Waals surface area contributed by atoms with E-state index in [1.165, 1.54) is 25.0 Å². The first kappa shape index (κ1) is 17.1. The van der Waals surface area contributed by atoms with E-state index in [1.807, 2.05) is 6.08 Å². The minimum Gasteiger partial charge on any atom is -0.486 e. The summed E-state index contributed by atoms with van der Waals surface area (Å²) in [6, 6.07) is 2.86. The molecule has 2 aliphatic rings. The summed E-state index contributed by atoms with van der Waals surface area (Å²) in [4.78, 5) is 0. The van der Waals surface area contributed by atoms with E-state index in [4.69, 9.17) is 4.74 Å². The van der Waals surface area contributed by atoms with Crippen molar-refractivity contribution in [2.75, 3.05) is 0 Å². The van der Waals surface area contributed by atoms with Crippen LogP contribution in [0.4, 0.5) is 17.6 Å². The number of hydrogen-bond acceptors (Lipinski definition) is 2. The minimum absolute atomic E-state index is 0.160. The summed E-state index contributed by atoms with van der Waals surface area (Å²) in [5.41, 5.74) is 0.204. The largest absolute Gasteiger partial charge is 0.573 e. The van der Waals surface area contributed by atoms with Crippen molar-refractivity contribution in [3.8, 4) is 11.5 Å². The molecule has 0 spiro atoms. The average molecular weight is 344 g/mol. The van der Waals surface area contributed by atoms with Crippen molar-refractivity contribution in [1.29, 1.82) is 0 Å². The summed E-state index contributed by atoms with van der Waals surface area (Å²) < 4.78 is 61.7. The second kappa shape index (κ2) is 7.03. The molecule has 2 nitrogen and oxygen atoms in total. The van der Waals surface area contributed by atoms with Gasteiger partial charge in [0.25, 0.3) is 0 Å². The number of rotatable bonds is 7. The van der Waals surface area contributed by atoms with E-state index in [0.717, 1.165) is 19.3 Å². The van der Waals surface area contributed by atoms with E-state index in [2.05, 4.69) is 10.8 Å². The van der Waals surface area contributed by atoms with Crippen molar-refractivity contribution in [3.05, 3.63) is 35.7 Å². The normalized spacial score (nSPS) is 18.7. The molecule has 6 heteroatoms. The molecule has 2 saturated carbocycles. The molecular weight excluding hydrogens is 324 g/mol. The lowest BCUT2D eigenvalue weighted by Gasteiger charge is -2.27. The van der Waals surface area contributed by atoms with Gasteiger partial charge >= 0.3 is 6.36 Å². The van der Waals surface area contributed by atoms with Gasteiger partial charge in [0.2, 0.25) is 5.75 Å². The summed E-state index contributed by atoms with van der Waals surface area (Å²) in [5, 5.41) is 0. The SMILES string of the molecule is Fc1c(CC/C=C/C2CC2)ccc(OC2CCC2)c1OC(F)(F)F. The van der Waals surface area contributed by atoms with Crippen LogP contribution in [0.3, 0.4) is 0 Å². The fraction of sp³-hybridized carbons (Fsp3) is 0.556. The molecule has 0 saturated heterocycles. The fourth-order valence-electron chi connectivity index (χ4n) is 2.56. The van der Waals surface area contributed by atoms with E-state index in [1.54, 1.807) is 0 Å². The second-order valence-corrected chi connectivity index (χ2v) is 6.39. The van der Waals surface area contributed by atoms with Crippen LogP contribution in [-0.2, 0) is 6.42 Å². The molecule has 0 bridgehead atoms. The van der Waals surface area contributed by atoms with Crippen molar-refractivity contribution >= 4 is 0 Å². The first-order valence-electron chi connectivity index (χ1n) is 8.33. The van der Waals surface area contributed by atoms with Crippen LogP contribution in [0.15, 0.2) is 24.3 Å². The monoisotopic (exact) mass is 344 g/mol. The predicted octanol–water partition coefficient (Wildman–Crippen LogP) is 5.55. The summed E-state index contributed by atoms with van der Waals surface area (Å²) in [7, 11) is 0. The van der Waals surface area contributed by atoms with Crippen LogP contribution in [0, 0.1) is 11.7 Å². The van der Waals surface area contributed by atoms with Crippen molar-refractivity contribution in [3.63, 3.8) is 0 Å². The Hall–Kier alpha value is -1.72. The molecule has 2 fully saturated rings. The van der Waals surface area contributed by atoms with Gasteiger partial charge in [-0.25, -0.2) is 4.39 Å². The fourth-order valence-corrected chi connectivity index (χ4v) is 2.56. The zero-order valence-electron chi connectivity index (χ0n) is 13.2. The van der Waals surface area contributed by atoms with Crippen molar-refractivity contribution in [2.24, 2.45) is 5.92 Å². The third kappa shape index (κ3) is 4.65. The number of hydrogen-bond donors (Lipinski definition) is 0. The minimum atomic E-state index is -4.96. The van der Waals surface area contributed by atoms with Gasteiger partial charge in [-0.1, -0.05) is 18.2 Å². The number of ether oxygens (including phenoxy) is 2. The first-order valence-corrected chi connectivity index (χ1v) is 8.33. The predicted molar refractivity (Wildman–Crippen MR) is 81.5 cm³/mol. The van der Waals surface area contributed by atoms with E-state index >= 15 is 0 Å². The van der Waals surface area contributed by atoms with Gasteiger partial charge in [0, 0.05) is 0 Å². The Bertz CT molecular complexity index is 602. The molecule has 0 amide bonds. The van der Waals surface area contributed by atoms with Crippen LogP contribution in [0.2, 0.25) is 0 Å². The lowest BCUT2D eigenvalue weighted by atomic mass is 9.96. The number of benzene rings is 1. The topological polar surface area (TPSA) is 18.5 Å². The van der Waals surface area contributed by atoms with E-state index < -0.39 is 17.9 Å². The lowest BCUT2D eigenvalue weighted by molar-refractivity contribution is -0.276. The van der Waals surface area contributed by atoms with Gasteiger partial charge in [-0.3, -0.25) is 0 Å². The Morgan fingerprint density at radius 1 is 1.12 bits per heavy atom. The highest BCUT2D eigenvalue weighted by atomic mass is 19.4. The quantitative estimate of drug-likeness (QED) is 0.477. The van der Waals surface area contributed by atoms with Crippen LogP contribution < -0.4 is 9.47 Å². The molecule has 0 heterocycles. The molecule has 0 aliphatic heterocycles. The Morgan fingerprint density at radius 3 is 2.46 bits per heavy atom. The van der Waals surface area contributed by atoms with Crippen LogP contribution >= 0.6 is 0 Å². The van der Waals surface area contributed by atoms with Crippen molar-refractivity contribution in [2.45, 2.75) is 57.4 Å². The summed E-state index contributed by atoms with van der Waals surface area (Å²) in [6.07, 6.45) is 4.70. The number of alkyl halides is 3. The molecule has 3 rings (SSSR count). The smallest absolute Gasteiger partial charge is 0.486 e. The van der Waals surface area contributed by atoms with Gasteiger partial charge in [-0.15, -0.1) is 13.2 Å². The van der Waals surface area contributed by atoms with E-state index in [-0.39, 0.29) is 17.4 Å². The standard InChI is InChI=1S/C18H20F4O2/c19-16-13(5-2-1-4-12-8-9-12)10-11-15(23-14-6-3-7-14)17(16)24-18(20,21)22/h1,4,10-12,14H,2-3,5-9H2/b4-1+. The molecule has 1 aromatic rings. The number of aryl methyl sites for hydroxylation is 1. The zero-order chi connectivity index (χ0) is 17.2. The maximum atomic E-state index is 14.5. The maximum Gasteiger partial charge on any atom is 0.573 e. The highest BCUT2D eigenvalue weighted by molar-refractivity contribution is 5.45. The van der Waals surface area contributed by atoms with Gasteiger partial charge in [-0.05, 0) is 62.5 Å². The van der Waals surface area contributed by atoms with Crippen LogP contribution in [0.1, 0.15) is 44.1 Å². The second-order valence-electron chi connectivity index (χ2n) is 6.39. The number of halogens is 4. The molecule has 1 aromatic carbocycles. The molecule has 0 radical (unpaired) electrons. The Morgan fingerprint density at radius 2 is 1.88 bits per heavy atom.